The highest BCUT2D eigenvalue weighted by atomic mass is 32.1. The van der Waals surface area contributed by atoms with Gasteiger partial charge in [-0.25, -0.2) is 14.8 Å². The van der Waals surface area contributed by atoms with Gasteiger partial charge in [0, 0.05) is 87.3 Å². The van der Waals surface area contributed by atoms with Crippen LogP contribution in [0.2, 0.25) is 0 Å². The molecule has 4 bridgehead atoms. The van der Waals surface area contributed by atoms with Gasteiger partial charge in [-0.1, -0.05) is 49.4 Å². The number of carbonyl (C=O) groups is 6. The lowest BCUT2D eigenvalue weighted by Gasteiger charge is -2.46. The van der Waals surface area contributed by atoms with Crippen molar-refractivity contribution in [2.24, 2.45) is 16.2 Å². The van der Waals surface area contributed by atoms with Crippen molar-refractivity contribution in [1.82, 2.24) is 34.9 Å². The summed E-state index contributed by atoms with van der Waals surface area (Å²) >= 11 is 1.43. The van der Waals surface area contributed by atoms with Gasteiger partial charge in [0.1, 0.15) is 5.82 Å². The summed E-state index contributed by atoms with van der Waals surface area (Å²) in [6.45, 7) is 16.1. The van der Waals surface area contributed by atoms with E-state index in [0.717, 1.165) is 69.6 Å². The maximum absolute atomic E-state index is 13.7. The maximum Gasteiger partial charge on any atom is 0.355 e. The van der Waals surface area contributed by atoms with Crippen LogP contribution in [0.15, 0.2) is 72.9 Å². The number of carboxylic acids is 1. The number of benzene rings is 2. The van der Waals surface area contributed by atoms with Gasteiger partial charge < -0.3 is 62.9 Å². The molecule has 25 nitrogen and oxygen atoms in total. The molecule has 11 rings (SSSR count). The highest BCUT2D eigenvalue weighted by Crippen LogP contribution is 2.78. The van der Waals surface area contributed by atoms with Gasteiger partial charge in [-0.15, -0.1) is 0 Å². The number of thiazole rings is 1. The van der Waals surface area contributed by atoms with Gasteiger partial charge in [-0.2, -0.15) is 5.10 Å². The topological polar surface area (TPSA) is 283 Å². The number of rotatable bonds is 41. The van der Waals surface area contributed by atoms with Gasteiger partial charge in [0.15, 0.2) is 10.8 Å². The van der Waals surface area contributed by atoms with Crippen LogP contribution in [0.3, 0.4) is 0 Å². The van der Waals surface area contributed by atoms with Crippen molar-refractivity contribution < 1.29 is 76.5 Å². The van der Waals surface area contributed by atoms with Crippen LogP contribution < -0.4 is 15.5 Å². The van der Waals surface area contributed by atoms with E-state index in [1.54, 1.807) is 11.1 Å². The summed E-state index contributed by atoms with van der Waals surface area (Å²) in [5, 5.41) is 21.8. The third kappa shape index (κ3) is 17.7. The molecule has 0 saturated heterocycles. The molecular formula is C68H89N9O16S. The van der Waals surface area contributed by atoms with Crippen molar-refractivity contribution in [3.8, 4) is 11.1 Å². The standard InChI is InChI=1S/C68H89N9O16S/c1-48-52(50-12-13-56(72-61(50)63(83)84)75-20-16-49-8-7-9-51(53(49)41-75)62(82)73-64-71-54-10-5-6-11-55(54)94-64)40-70-77(48)47-67-43-65(2)42-66(67,3)45-68(44-65,46-67)93-25-22-74(4)58(79)18-23-85-26-28-87-30-32-89-34-36-91-38-39-92-37-35-90-33-31-88-29-27-86-24-19-69-57(78)17-21-76-59(80)14-15-60(76)81/h5-15,40H,16-39,41-47H2,1-4H3,(H,69,78)(H,83,84)(H,71,73,82). The molecule has 3 aromatic heterocycles. The van der Waals surface area contributed by atoms with Gasteiger partial charge in [0.05, 0.1) is 141 Å². The SMILES string of the molecule is Cc1c(-c2ccc(N3CCc4cccc(C(=O)Nc5nc6ccccc6s5)c4C3)nc2C(=O)O)cnn1CC12CC3(C)CC(OCCN(C)C(=O)CCOCCOCCOCCOCCOCCOCCOCCOCCNC(=O)CCN4C(=O)C=CC4=O)(CC1(C)C3)C2. The first kappa shape index (κ1) is 69.7. The summed E-state index contributed by atoms with van der Waals surface area (Å²) in [5.74, 6) is -1.93. The second kappa shape index (κ2) is 32.6. The summed E-state index contributed by atoms with van der Waals surface area (Å²) in [7, 11) is 1.81. The number of nitrogens with zero attached hydrogens (tertiary/aromatic N) is 7. The number of hydrogen-bond acceptors (Lipinski definition) is 20. The molecule has 3 N–H and O–H groups in total. The summed E-state index contributed by atoms with van der Waals surface area (Å²) in [6.07, 6.45) is 10.1. The molecule has 4 saturated carbocycles. The number of pyridine rings is 1. The number of fused-ring (bicyclic) bond motifs is 2. The minimum atomic E-state index is -1.13. The molecule has 4 atom stereocenters. The molecule has 6 aliphatic rings. The van der Waals surface area contributed by atoms with E-state index in [1.807, 2.05) is 73.5 Å². The van der Waals surface area contributed by atoms with Crippen molar-refractivity contribution in [2.75, 3.05) is 156 Å². The molecular weight excluding hydrogens is 1230 g/mol. The van der Waals surface area contributed by atoms with E-state index in [1.165, 1.54) is 23.5 Å². The molecule has 5 amide bonds. The molecule has 2 aromatic carbocycles. The zero-order valence-electron chi connectivity index (χ0n) is 54.5. The van der Waals surface area contributed by atoms with Crippen LogP contribution in [-0.4, -0.2) is 221 Å². The third-order valence-corrected chi connectivity index (χ3v) is 19.6. The molecule has 4 aliphatic carbocycles. The molecule has 0 spiro atoms. The first-order chi connectivity index (χ1) is 45.5. The quantitative estimate of drug-likeness (QED) is 0.0277. The Morgan fingerprint density at radius 1 is 0.691 bits per heavy atom. The van der Waals surface area contributed by atoms with E-state index in [-0.39, 0.29) is 71.3 Å². The Morgan fingerprint density at radius 2 is 1.33 bits per heavy atom. The average molecular weight is 1320 g/mol. The molecule has 4 fully saturated rings. The number of carbonyl (C=O) groups excluding carboxylic acids is 5. The monoisotopic (exact) mass is 1320 g/mol. The fourth-order valence-corrected chi connectivity index (χ4v) is 15.5. The van der Waals surface area contributed by atoms with Crippen LogP contribution in [0.5, 0.6) is 0 Å². The van der Waals surface area contributed by atoms with Crippen LogP contribution in [0, 0.1) is 23.2 Å². The molecule has 94 heavy (non-hydrogen) atoms. The van der Waals surface area contributed by atoms with Crippen LogP contribution >= 0.6 is 11.3 Å². The number of amides is 5. The van der Waals surface area contributed by atoms with Crippen molar-refractivity contribution >= 4 is 68.0 Å². The van der Waals surface area contributed by atoms with E-state index >= 15 is 0 Å². The number of aromatic nitrogens is 4. The van der Waals surface area contributed by atoms with Gasteiger partial charge in [0.25, 0.3) is 17.7 Å². The number of anilines is 2. The largest absolute Gasteiger partial charge is 0.476 e. The number of imide groups is 1. The van der Waals surface area contributed by atoms with Gasteiger partial charge in [-0.3, -0.25) is 38.9 Å². The summed E-state index contributed by atoms with van der Waals surface area (Å²) in [6, 6.07) is 17.2. The molecule has 0 radical (unpaired) electrons. The lowest BCUT2D eigenvalue weighted by Crippen LogP contribution is -2.45. The molecule has 26 heteroatoms. The average Bonchev–Trinajstić information content (AvgIpc) is 1.51. The lowest BCUT2D eigenvalue weighted by atomic mass is 9.65. The number of likely N-dealkylation sites (N-methyl/N-ethyl adjacent to an activating group) is 1. The lowest BCUT2D eigenvalue weighted by molar-refractivity contribution is -0.137. The second-order valence-corrected chi connectivity index (χ2v) is 26.6. The number of carboxylic acid groups (broad SMARTS) is 1. The predicted molar refractivity (Wildman–Crippen MR) is 349 cm³/mol. The van der Waals surface area contributed by atoms with Gasteiger partial charge in [0.2, 0.25) is 11.8 Å². The predicted octanol–water partition coefficient (Wildman–Crippen LogP) is 6.53. The number of ether oxygens (including phenoxy) is 9. The Kier molecular flexibility index (Phi) is 24.1. The van der Waals surface area contributed by atoms with Crippen molar-refractivity contribution in [3.05, 3.63) is 101 Å². The smallest absolute Gasteiger partial charge is 0.355 e. The number of para-hydroxylation sites is 1. The van der Waals surface area contributed by atoms with E-state index in [4.69, 9.17) is 52.7 Å². The van der Waals surface area contributed by atoms with E-state index < -0.39 is 17.8 Å². The molecule has 5 heterocycles. The number of hydrogen-bond donors (Lipinski definition) is 3. The zero-order valence-corrected chi connectivity index (χ0v) is 55.3. The minimum absolute atomic E-state index is 0.00962. The fraction of sp³-hybridized carbons (Fsp3) is 0.574. The van der Waals surface area contributed by atoms with Gasteiger partial charge in [-0.05, 0) is 103 Å². The first-order valence-corrected chi connectivity index (χ1v) is 33.4. The number of nitrogens with one attached hydrogen (secondary N) is 2. The molecule has 2 aliphatic heterocycles. The maximum atomic E-state index is 13.7. The summed E-state index contributed by atoms with van der Waals surface area (Å²) < 4.78 is 54.4. The van der Waals surface area contributed by atoms with E-state index in [2.05, 4.69) is 34.1 Å². The van der Waals surface area contributed by atoms with Crippen molar-refractivity contribution in [2.45, 2.75) is 90.8 Å². The van der Waals surface area contributed by atoms with Gasteiger partial charge >= 0.3 is 5.97 Å². The normalized spacial score (nSPS) is 21.1. The second-order valence-electron chi connectivity index (χ2n) is 25.5. The van der Waals surface area contributed by atoms with Crippen molar-refractivity contribution in [3.63, 3.8) is 0 Å². The van der Waals surface area contributed by atoms with Crippen LogP contribution in [0.1, 0.15) is 96.5 Å². The van der Waals surface area contributed by atoms with Crippen LogP contribution in [-0.2, 0) is 81.3 Å². The van der Waals surface area contributed by atoms with Crippen LogP contribution in [0.4, 0.5) is 10.9 Å². The molecule has 508 valence electrons. The Labute approximate surface area is 552 Å². The minimum Gasteiger partial charge on any atom is -0.476 e. The third-order valence-electron chi connectivity index (χ3n) is 18.6. The Bertz CT molecular complexity index is 3440. The van der Waals surface area contributed by atoms with Crippen LogP contribution in [0.25, 0.3) is 21.3 Å². The Balaban J connectivity index is 0.553. The Hall–Kier alpha value is -7.11. The molecule has 5 aromatic rings. The highest BCUT2D eigenvalue weighted by Gasteiger charge is 2.73. The van der Waals surface area contributed by atoms with E-state index in [0.29, 0.717) is 167 Å². The first-order valence-electron chi connectivity index (χ1n) is 32.6. The highest BCUT2D eigenvalue weighted by molar-refractivity contribution is 7.22. The Morgan fingerprint density at radius 3 is 1.98 bits per heavy atom. The summed E-state index contributed by atoms with van der Waals surface area (Å²) in [5.41, 5.74) is 5.10. The summed E-state index contributed by atoms with van der Waals surface area (Å²) in [4.78, 5) is 89.1. The van der Waals surface area contributed by atoms with E-state index in [9.17, 15) is 33.9 Å². The number of aromatic carboxylic acids is 1. The van der Waals surface area contributed by atoms with Crippen molar-refractivity contribution in [1.29, 1.82) is 0 Å². The fourth-order valence-electron chi connectivity index (χ4n) is 14.6. The zero-order chi connectivity index (χ0) is 66.1. The molecule has 4 unspecified atom stereocenters.